The lowest BCUT2D eigenvalue weighted by Crippen LogP contribution is -2.58. The smallest absolute Gasteiger partial charge is 0.128 e. The fourth-order valence-corrected chi connectivity index (χ4v) is 4.76. The molecule has 26 heavy (non-hydrogen) atoms. The molecule has 2 unspecified atom stereocenters. The Morgan fingerprint density at radius 1 is 1.12 bits per heavy atom. The normalized spacial score (nSPS) is 28.8. The number of pyridine rings is 1. The molecule has 0 amide bonds. The maximum Gasteiger partial charge on any atom is 0.128 e. The van der Waals surface area contributed by atoms with E-state index in [0.717, 1.165) is 62.4 Å². The van der Waals surface area contributed by atoms with Gasteiger partial charge in [-0.25, -0.2) is 9.97 Å². The first-order valence-corrected chi connectivity index (χ1v) is 9.86. The number of aliphatic hydroxyl groups is 1. The predicted octanol–water partition coefficient (Wildman–Crippen LogP) is 2.94. The van der Waals surface area contributed by atoms with Crippen LogP contribution in [0.5, 0.6) is 0 Å². The molecule has 1 saturated carbocycles. The first kappa shape index (κ1) is 17.6. The van der Waals surface area contributed by atoms with Crippen LogP contribution in [0.1, 0.15) is 49.7 Å². The number of piperidine rings is 1. The summed E-state index contributed by atoms with van der Waals surface area (Å²) in [7, 11) is 0. The Hall–Kier alpha value is -1.85. The van der Waals surface area contributed by atoms with E-state index in [2.05, 4.69) is 26.8 Å². The molecule has 138 valence electrons. The summed E-state index contributed by atoms with van der Waals surface area (Å²) >= 11 is 0. The molecule has 5 heteroatoms. The van der Waals surface area contributed by atoms with E-state index in [1.54, 1.807) is 6.20 Å². The van der Waals surface area contributed by atoms with E-state index in [1.807, 2.05) is 30.6 Å². The third-order valence-corrected chi connectivity index (χ3v) is 6.02. The van der Waals surface area contributed by atoms with E-state index in [0.29, 0.717) is 0 Å². The summed E-state index contributed by atoms with van der Waals surface area (Å²) in [6, 6.07) is 5.89. The Morgan fingerprint density at radius 2 is 1.85 bits per heavy atom. The first-order chi connectivity index (χ1) is 12.7. The second-order valence-corrected chi connectivity index (χ2v) is 7.82. The highest BCUT2D eigenvalue weighted by Gasteiger charge is 2.52. The van der Waals surface area contributed by atoms with Crippen LogP contribution in [-0.2, 0) is 18.6 Å². The van der Waals surface area contributed by atoms with Gasteiger partial charge in [0.2, 0.25) is 0 Å². The van der Waals surface area contributed by atoms with Gasteiger partial charge in [-0.3, -0.25) is 9.88 Å². The van der Waals surface area contributed by atoms with Gasteiger partial charge in [0.05, 0.1) is 5.69 Å². The van der Waals surface area contributed by atoms with Gasteiger partial charge in [-0.2, -0.15) is 0 Å². The van der Waals surface area contributed by atoms with Crippen LogP contribution in [0.25, 0.3) is 0 Å². The standard InChI is InChI=1S/C21H28N4O/c1-2-6-20-23-11-16(12-24-20)13-25-14-17-7-5-8-18(15-25)21(17,26)19-9-3-4-10-22-19/h3-4,9-12,17-18,26H,2,5-8,13-15H2,1H3. The lowest BCUT2D eigenvalue weighted by molar-refractivity contribution is -0.151. The SMILES string of the molecule is CCCc1ncc(CN2CC3CCCC(C2)C3(O)c2ccccn2)cn1. The number of aryl methyl sites for hydroxylation is 1. The molecule has 0 radical (unpaired) electrons. The van der Waals surface area contributed by atoms with Crippen LogP contribution in [0.15, 0.2) is 36.8 Å². The lowest BCUT2D eigenvalue weighted by Gasteiger charge is -2.52. The second-order valence-electron chi connectivity index (χ2n) is 7.82. The highest BCUT2D eigenvalue weighted by Crippen LogP contribution is 2.48. The molecule has 2 aromatic heterocycles. The minimum atomic E-state index is -0.780. The van der Waals surface area contributed by atoms with Crippen molar-refractivity contribution >= 4 is 0 Å². The third-order valence-electron chi connectivity index (χ3n) is 6.02. The van der Waals surface area contributed by atoms with Gasteiger partial charge in [0.15, 0.2) is 0 Å². The van der Waals surface area contributed by atoms with Crippen molar-refractivity contribution in [1.82, 2.24) is 19.9 Å². The molecule has 2 bridgehead atoms. The summed E-state index contributed by atoms with van der Waals surface area (Å²) in [5.41, 5.74) is 1.23. The summed E-state index contributed by atoms with van der Waals surface area (Å²) < 4.78 is 0. The van der Waals surface area contributed by atoms with E-state index < -0.39 is 5.60 Å². The first-order valence-electron chi connectivity index (χ1n) is 9.86. The summed E-state index contributed by atoms with van der Waals surface area (Å²) in [5, 5.41) is 11.6. The maximum absolute atomic E-state index is 11.6. The van der Waals surface area contributed by atoms with Crippen LogP contribution in [0.3, 0.4) is 0 Å². The van der Waals surface area contributed by atoms with Crippen LogP contribution in [0.2, 0.25) is 0 Å². The highest BCUT2D eigenvalue weighted by atomic mass is 16.3. The van der Waals surface area contributed by atoms with Crippen molar-refractivity contribution < 1.29 is 5.11 Å². The van der Waals surface area contributed by atoms with Gasteiger partial charge in [-0.15, -0.1) is 0 Å². The Balaban J connectivity index is 1.49. The molecular weight excluding hydrogens is 324 g/mol. The number of hydrogen-bond donors (Lipinski definition) is 1. The van der Waals surface area contributed by atoms with Crippen molar-refractivity contribution in [1.29, 1.82) is 0 Å². The van der Waals surface area contributed by atoms with Gasteiger partial charge in [-0.1, -0.05) is 19.4 Å². The zero-order valence-electron chi connectivity index (χ0n) is 15.5. The number of rotatable bonds is 5. The molecule has 3 heterocycles. The van der Waals surface area contributed by atoms with Crippen molar-refractivity contribution in [2.45, 2.75) is 51.2 Å². The van der Waals surface area contributed by atoms with E-state index in [4.69, 9.17) is 0 Å². The zero-order valence-corrected chi connectivity index (χ0v) is 15.5. The molecule has 1 aliphatic heterocycles. The van der Waals surface area contributed by atoms with Gasteiger partial charge in [0.1, 0.15) is 11.4 Å². The van der Waals surface area contributed by atoms with Gasteiger partial charge >= 0.3 is 0 Å². The molecule has 0 spiro atoms. The van der Waals surface area contributed by atoms with Gasteiger partial charge in [0.25, 0.3) is 0 Å². The Morgan fingerprint density at radius 3 is 2.46 bits per heavy atom. The molecule has 0 aromatic carbocycles. The summed E-state index contributed by atoms with van der Waals surface area (Å²) in [6.07, 6.45) is 11.1. The molecule has 1 aliphatic carbocycles. The molecule has 2 aliphatic rings. The molecular formula is C21H28N4O. The maximum atomic E-state index is 11.6. The number of likely N-dealkylation sites (tertiary alicyclic amines) is 1. The van der Waals surface area contributed by atoms with Crippen LogP contribution in [0.4, 0.5) is 0 Å². The summed E-state index contributed by atoms with van der Waals surface area (Å²) in [5.74, 6) is 1.41. The summed E-state index contributed by atoms with van der Waals surface area (Å²) in [4.78, 5) is 15.9. The quantitative estimate of drug-likeness (QED) is 0.896. The number of hydrogen-bond acceptors (Lipinski definition) is 5. The van der Waals surface area contributed by atoms with Crippen molar-refractivity contribution in [3.8, 4) is 0 Å². The largest absolute Gasteiger partial charge is 0.383 e. The minimum Gasteiger partial charge on any atom is -0.383 e. The highest BCUT2D eigenvalue weighted by molar-refractivity contribution is 5.20. The van der Waals surface area contributed by atoms with E-state index in [-0.39, 0.29) is 11.8 Å². The number of nitrogens with zero attached hydrogens (tertiary/aromatic N) is 4. The molecule has 1 saturated heterocycles. The van der Waals surface area contributed by atoms with Crippen molar-refractivity contribution in [2.24, 2.45) is 11.8 Å². The lowest BCUT2D eigenvalue weighted by atomic mass is 9.64. The molecule has 1 N–H and O–H groups in total. The average molecular weight is 352 g/mol. The molecule has 2 atom stereocenters. The van der Waals surface area contributed by atoms with E-state index in [9.17, 15) is 5.11 Å². The van der Waals surface area contributed by atoms with Crippen LogP contribution >= 0.6 is 0 Å². The molecule has 2 fully saturated rings. The van der Waals surface area contributed by atoms with E-state index >= 15 is 0 Å². The average Bonchev–Trinajstić information content (AvgIpc) is 2.65. The van der Waals surface area contributed by atoms with Gasteiger partial charge in [0, 0.05) is 62.0 Å². The predicted molar refractivity (Wildman–Crippen MR) is 100 cm³/mol. The third kappa shape index (κ3) is 3.26. The monoisotopic (exact) mass is 352 g/mol. The minimum absolute atomic E-state index is 0.241. The van der Waals surface area contributed by atoms with E-state index in [1.165, 1.54) is 6.42 Å². The Kier molecular flexibility index (Phi) is 5.00. The van der Waals surface area contributed by atoms with Crippen molar-refractivity contribution in [3.05, 3.63) is 53.9 Å². The number of aromatic nitrogens is 3. The van der Waals surface area contributed by atoms with Crippen LogP contribution in [-0.4, -0.2) is 38.0 Å². The van der Waals surface area contributed by atoms with Crippen LogP contribution in [0, 0.1) is 11.8 Å². The van der Waals surface area contributed by atoms with Gasteiger partial charge in [-0.05, 0) is 31.4 Å². The summed E-state index contributed by atoms with van der Waals surface area (Å²) in [6.45, 7) is 4.81. The number of fused-ring (bicyclic) bond motifs is 2. The zero-order chi connectivity index (χ0) is 18.0. The second kappa shape index (κ2) is 7.41. The van der Waals surface area contributed by atoms with Crippen LogP contribution < -0.4 is 0 Å². The Bertz CT molecular complexity index is 705. The Labute approximate surface area is 155 Å². The molecule has 4 rings (SSSR count). The topological polar surface area (TPSA) is 62.1 Å². The molecule has 5 nitrogen and oxygen atoms in total. The van der Waals surface area contributed by atoms with Crippen molar-refractivity contribution in [2.75, 3.05) is 13.1 Å². The molecule has 2 aromatic rings. The fourth-order valence-electron chi connectivity index (χ4n) is 4.76. The fraction of sp³-hybridized carbons (Fsp3) is 0.571. The van der Waals surface area contributed by atoms with Gasteiger partial charge < -0.3 is 5.11 Å². The van der Waals surface area contributed by atoms with Crippen molar-refractivity contribution in [3.63, 3.8) is 0 Å².